The third-order valence-electron chi connectivity index (χ3n) is 3.76. The van der Waals surface area contributed by atoms with E-state index in [1.165, 1.54) is 31.7 Å². The topological polar surface area (TPSA) is 23.5 Å². The van der Waals surface area contributed by atoms with Gasteiger partial charge in [-0.05, 0) is 37.9 Å². The second kappa shape index (κ2) is 8.17. The molecule has 0 amide bonds. The molecule has 2 rings (SSSR count). The zero-order valence-corrected chi connectivity index (χ0v) is 12.7. The molecule has 0 bridgehead atoms. The first-order valence-corrected chi connectivity index (χ1v) is 7.86. The maximum Gasteiger partial charge on any atom is 0.128 e. The Morgan fingerprint density at radius 1 is 1.38 bits per heavy atom. The summed E-state index contributed by atoms with van der Waals surface area (Å²) in [5.74, 6) is 5.52. The lowest BCUT2D eigenvalue weighted by Crippen LogP contribution is -2.27. The molecule has 1 aliphatic carbocycles. The summed E-state index contributed by atoms with van der Waals surface area (Å²) >= 11 is 0. The van der Waals surface area contributed by atoms with Crippen LogP contribution in [-0.2, 0) is 6.54 Å². The Bertz CT molecular complexity index is 514. The van der Waals surface area contributed by atoms with E-state index in [1.54, 1.807) is 0 Å². The second-order valence-corrected chi connectivity index (χ2v) is 5.64. The highest BCUT2D eigenvalue weighted by atomic mass is 19.1. The van der Waals surface area contributed by atoms with Gasteiger partial charge in [-0.3, -0.25) is 4.90 Å². The van der Waals surface area contributed by atoms with Gasteiger partial charge in [-0.1, -0.05) is 31.3 Å². The van der Waals surface area contributed by atoms with Crippen LogP contribution < -0.4 is 0 Å². The fourth-order valence-electron chi connectivity index (χ4n) is 2.38. The zero-order chi connectivity index (χ0) is 15.1. The molecule has 0 aliphatic heterocycles. The SMILES string of the molecule is CCCCN(Cc1ccc(C#CCCO)cc1F)C1CC1. The molecule has 0 radical (unpaired) electrons. The zero-order valence-electron chi connectivity index (χ0n) is 12.7. The molecule has 1 aliphatic rings. The molecular weight excluding hydrogens is 265 g/mol. The van der Waals surface area contributed by atoms with E-state index in [4.69, 9.17) is 5.11 Å². The summed E-state index contributed by atoms with van der Waals surface area (Å²) in [5.41, 5.74) is 1.43. The number of rotatable bonds is 7. The number of benzene rings is 1. The Hall–Kier alpha value is -1.37. The van der Waals surface area contributed by atoms with Crippen LogP contribution in [0.15, 0.2) is 18.2 Å². The minimum absolute atomic E-state index is 0.0430. The molecule has 2 nitrogen and oxygen atoms in total. The van der Waals surface area contributed by atoms with Gasteiger partial charge in [0.05, 0.1) is 6.61 Å². The first kappa shape index (κ1) is 16.0. The lowest BCUT2D eigenvalue weighted by molar-refractivity contribution is 0.247. The van der Waals surface area contributed by atoms with Crippen molar-refractivity contribution in [2.24, 2.45) is 0 Å². The standard InChI is InChI=1S/C18H24FNO/c1-2-3-11-20(17-9-10-17)14-16-8-7-15(13-18(16)19)6-4-5-12-21/h7-8,13,17,21H,2-3,5,9-12,14H2,1H3. The summed E-state index contributed by atoms with van der Waals surface area (Å²) in [7, 11) is 0. The summed E-state index contributed by atoms with van der Waals surface area (Å²) in [6, 6.07) is 5.87. The number of hydrogen-bond acceptors (Lipinski definition) is 2. The Kier molecular flexibility index (Phi) is 6.22. The highest BCUT2D eigenvalue weighted by molar-refractivity contribution is 5.37. The molecule has 0 saturated heterocycles. The molecule has 0 spiro atoms. The lowest BCUT2D eigenvalue weighted by Gasteiger charge is -2.22. The van der Waals surface area contributed by atoms with Crippen LogP contribution in [0.3, 0.4) is 0 Å². The lowest BCUT2D eigenvalue weighted by atomic mass is 10.1. The van der Waals surface area contributed by atoms with Crippen LogP contribution in [0.25, 0.3) is 0 Å². The van der Waals surface area contributed by atoms with Crippen molar-refractivity contribution in [1.29, 1.82) is 0 Å². The van der Waals surface area contributed by atoms with E-state index in [0.717, 1.165) is 12.1 Å². The van der Waals surface area contributed by atoms with Crippen LogP contribution in [0, 0.1) is 17.7 Å². The van der Waals surface area contributed by atoms with Crippen molar-refractivity contribution in [1.82, 2.24) is 4.90 Å². The highest BCUT2D eigenvalue weighted by Gasteiger charge is 2.28. The number of nitrogens with zero attached hydrogens (tertiary/aromatic N) is 1. The molecule has 114 valence electrons. The molecule has 1 N–H and O–H groups in total. The minimum Gasteiger partial charge on any atom is -0.395 e. The predicted molar refractivity (Wildman–Crippen MR) is 83.3 cm³/mol. The molecule has 1 aromatic rings. The molecule has 21 heavy (non-hydrogen) atoms. The second-order valence-electron chi connectivity index (χ2n) is 5.64. The predicted octanol–water partition coefficient (Wildman–Crippen LogP) is 3.32. The maximum absolute atomic E-state index is 14.2. The molecule has 1 saturated carbocycles. The first-order chi connectivity index (χ1) is 10.2. The van der Waals surface area contributed by atoms with Crippen molar-refractivity contribution < 1.29 is 9.50 Å². The molecule has 1 fully saturated rings. The smallest absolute Gasteiger partial charge is 0.128 e. The van der Waals surface area contributed by atoms with Gasteiger partial charge in [-0.2, -0.15) is 0 Å². The van der Waals surface area contributed by atoms with E-state index in [0.29, 0.717) is 24.6 Å². The van der Waals surface area contributed by atoms with Crippen LogP contribution in [0.1, 0.15) is 50.2 Å². The van der Waals surface area contributed by atoms with Gasteiger partial charge < -0.3 is 5.11 Å². The molecule has 0 heterocycles. The maximum atomic E-state index is 14.2. The summed E-state index contributed by atoms with van der Waals surface area (Å²) < 4.78 is 14.2. The quantitative estimate of drug-likeness (QED) is 0.778. The Balaban J connectivity index is 2.01. The summed E-state index contributed by atoms with van der Waals surface area (Å²) in [6.07, 6.45) is 5.26. The third-order valence-corrected chi connectivity index (χ3v) is 3.76. The Morgan fingerprint density at radius 2 is 2.19 bits per heavy atom. The number of halogens is 1. The Morgan fingerprint density at radius 3 is 2.81 bits per heavy atom. The van der Waals surface area contributed by atoms with Crippen molar-refractivity contribution in [3.05, 3.63) is 35.1 Å². The largest absolute Gasteiger partial charge is 0.395 e. The van der Waals surface area contributed by atoms with Crippen LogP contribution in [0.4, 0.5) is 4.39 Å². The van der Waals surface area contributed by atoms with Gasteiger partial charge in [-0.25, -0.2) is 4.39 Å². The van der Waals surface area contributed by atoms with E-state index >= 15 is 0 Å². The van der Waals surface area contributed by atoms with E-state index in [2.05, 4.69) is 23.7 Å². The molecule has 0 unspecified atom stereocenters. The number of aliphatic hydroxyl groups excluding tert-OH is 1. The van der Waals surface area contributed by atoms with Crippen molar-refractivity contribution in [2.75, 3.05) is 13.2 Å². The van der Waals surface area contributed by atoms with E-state index in [-0.39, 0.29) is 12.4 Å². The number of hydrogen-bond donors (Lipinski definition) is 1. The molecule has 0 atom stereocenters. The summed E-state index contributed by atoms with van der Waals surface area (Å²) in [5, 5.41) is 8.69. The van der Waals surface area contributed by atoms with Crippen LogP contribution >= 0.6 is 0 Å². The molecule has 0 aromatic heterocycles. The molecule has 3 heteroatoms. The van der Waals surface area contributed by atoms with E-state index in [9.17, 15) is 4.39 Å². The van der Waals surface area contributed by atoms with Crippen LogP contribution in [0.5, 0.6) is 0 Å². The summed E-state index contributed by atoms with van der Waals surface area (Å²) in [4.78, 5) is 2.40. The van der Waals surface area contributed by atoms with Gasteiger partial charge in [0.2, 0.25) is 0 Å². The van der Waals surface area contributed by atoms with Gasteiger partial charge in [-0.15, -0.1) is 0 Å². The number of unbranched alkanes of at least 4 members (excludes halogenated alkanes) is 1. The average molecular weight is 289 g/mol. The van der Waals surface area contributed by atoms with E-state index in [1.807, 2.05) is 12.1 Å². The van der Waals surface area contributed by atoms with Gasteiger partial charge in [0.25, 0.3) is 0 Å². The van der Waals surface area contributed by atoms with E-state index < -0.39 is 0 Å². The average Bonchev–Trinajstić information content (AvgIpc) is 3.30. The normalized spacial score (nSPS) is 14.1. The minimum atomic E-state index is -0.173. The van der Waals surface area contributed by atoms with Crippen molar-refractivity contribution in [3.8, 4) is 11.8 Å². The molecular formula is C18H24FNO. The number of aliphatic hydroxyl groups is 1. The molecule has 1 aromatic carbocycles. The third kappa shape index (κ3) is 5.15. The fourth-order valence-corrected chi connectivity index (χ4v) is 2.38. The van der Waals surface area contributed by atoms with Gasteiger partial charge in [0.1, 0.15) is 5.82 Å². The van der Waals surface area contributed by atoms with Crippen LogP contribution in [-0.4, -0.2) is 29.2 Å². The Labute approximate surface area is 127 Å². The van der Waals surface area contributed by atoms with Crippen LogP contribution in [0.2, 0.25) is 0 Å². The van der Waals surface area contributed by atoms with Crippen molar-refractivity contribution in [2.45, 2.75) is 51.6 Å². The first-order valence-electron chi connectivity index (χ1n) is 7.86. The fraction of sp³-hybridized carbons (Fsp3) is 0.556. The van der Waals surface area contributed by atoms with Gasteiger partial charge >= 0.3 is 0 Å². The summed E-state index contributed by atoms with van der Waals surface area (Å²) in [6.45, 7) is 3.98. The van der Waals surface area contributed by atoms with Crippen molar-refractivity contribution >= 4 is 0 Å². The monoisotopic (exact) mass is 289 g/mol. The van der Waals surface area contributed by atoms with Gasteiger partial charge in [0.15, 0.2) is 0 Å². The highest BCUT2D eigenvalue weighted by Crippen LogP contribution is 2.29. The van der Waals surface area contributed by atoms with Crippen molar-refractivity contribution in [3.63, 3.8) is 0 Å². The van der Waals surface area contributed by atoms with Gasteiger partial charge in [0, 0.05) is 30.1 Å².